The summed E-state index contributed by atoms with van der Waals surface area (Å²) < 4.78 is 27.1. The van der Waals surface area contributed by atoms with Gasteiger partial charge in [-0.25, -0.2) is 17.4 Å². The highest BCUT2D eigenvalue weighted by Gasteiger charge is 2.25. The highest BCUT2D eigenvalue weighted by atomic mass is 32.2. The molecule has 0 radical (unpaired) electrons. The van der Waals surface area contributed by atoms with Crippen LogP contribution in [0, 0.1) is 5.41 Å². The van der Waals surface area contributed by atoms with Crippen molar-refractivity contribution in [2.45, 2.75) is 31.9 Å². The lowest BCUT2D eigenvalue weighted by Crippen LogP contribution is -2.24. The summed E-state index contributed by atoms with van der Waals surface area (Å²) in [6.45, 7) is 3.92. The first kappa shape index (κ1) is 19.1. The van der Waals surface area contributed by atoms with Crippen LogP contribution in [0.15, 0.2) is 48.5 Å². The monoisotopic (exact) mass is 384 g/mol. The molecule has 0 aliphatic carbocycles. The number of hydrogen-bond acceptors (Lipinski definition) is 5. The fourth-order valence-electron chi connectivity index (χ4n) is 2.88. The molecule has 0 unspecified atom stereocenters. The first-order chi connectivity index (χ1) is 12.9. The van der Waals surface area contributed by atoms with E-state index in [0.29, 0.717) is 29.1 Å². The van der Waals surface area contributed by atoms with Gasteiger partial charge in [-0.3, -0.25) is 0 Å². The van der Waals surface area contributed by atoms with Gasteiger partial charge in [0.2, 0.25) is 16.0 Å². The van der Waals surface area contributed by atoms with Gasteiger partial charge in [-0.15, -0.1) is 0 Å². The zero-order chi connectivity index (χ0) is 19.4. The van der Waals surface area contributed by atoms with Crippen LogP contribution in [0.4, 0.5) is 5.95 Å². The third-order valence-electron chi connectivity index (χ3n) is 4.42. The summed E-state index contributed by atoms with van der Waals surface area (Å²) >= 11 is 0. The van der Waals surface area contributed by atoms with Crippen LogP contribution in [0.2, 0.25) is 0 Å². The SMILES string of the molecule is CC(C)S(=O)(=O)n1c(NCCCc2ccccc2)nc2ccc(C=N)cc21. The molecule has 2 aromatic carbocycles. The molecule has 0 atom stereocenters. The Bertz CT molecular complexity index is 1040. The van der Waals surface area contributed by atoms with E-state index in [9.17, 15) is 8.42 Å². The third kappa shape index (κ3) is 4.03. The van der Waals surface area contributed by atoms with Crippen molar-refractivity contribution in [3.63, 3.8) is 0 Å². The van der Waals surface area contributed by atoms with E-state index in [1.807, 2.05) is 18.2 Å². The second-order valence-electron chi connectivity index (χ2n) is 6.70. The molecule has 0 aliphatic rings. The summed E-state index contributed by atoms with van der Waals surface area (Å²) in [7, 11) is -3.59. The second kappa shape index (κ2) is 7.92. The first-order valence-corrected chi connectivity index (χ1v) is 10.5. The zero-order valence-electron chi connectivity index (χ0n) is 15.5. The van der Waals surface area contributed by atoms with Crippen molar-refractivity contribution in [1.82, 2.24) is 8.96 Å². The Morgan fingerprint density at radius 1 is 1.19 bits per heavy atom. The summed E-state index contributed by atoms with van der Waals surface area (Å²) in [6, 6.07) is 15.4. The highest BCUT2D eigenvalue weighted by Crippen LogP contribution is 2.25. The van der Waals surface area contributed by atoms with E-state index >= 15 is 0 Å². The zero-order valence-corrected chi connectivity index (χ0v) is 16.3. The van der Waals surface area contributed by atoms with Gasteiger partial charge in [0.25, 0.3) is 0 Å². The lowest BCUT2D eigenvalue weighted by Gasteiger charge is -2.14. The second-order valence-corrected chi connectivity index (χ2v) is 9.04. The quantitative estimate of drug-likeness (QED) is 0.458. The van der Waals surface area contributed by atoms with Crippen LogP contribution in [0.25, 0.3) is 11.0 Å². The molecule has 0 saturated heterocycles. The van der Waals surface area contributed by atoms with E-state index in [2.05, 4.69) is 22.4 Å². The summed E-state index contributed by atoms with van der Waals surface area (Å²) in [5, 5.41) is 10.0. The number of anilines is 1. The number of rotatable bonds is 8. The summed E-state index contributed by atoms with van der Waals surface area (Å²) in [4.78, 5) is 4.48. The molecule has 142 valence electrons. The summed E-state index contributed by atoms with van der Waals surface area (Å²) in [5.41, 5.74) is 2.97. The van der Waals surface area contributed by atoms with Gasteiger partial charge >= 0.3 is 0 Å². The Balaban J connectivity index is 1.88. The Labute approximate surface area is 159 Å². The standard InChI is InChI=1S/C20H24N4O2S/c1-15(2)27(25,26)24-19-13-17(14-21)10-11-18(19)23-20(24)22-12-6-9-16-7-4-3-5-8-16/h3-5,7-8,10-11,13-15,21H,6,9,12H2,1-2H3,(H,22,23). The number of aryl methyl sites for hydroxylation is 1. The maximum absolute atomic E-state index is 12.9. The predicted octanol–water partition coefficient (Wildman–Crippen LogP) is 3.66. The van der Waals surface area contributed by atoms with E-state index in [0.717, 1.165) is 12.8 Å². The van der Waals surface area contributed by atoms with Gasteiger partial charge < -0.3 is 10.7 Å². The number of nitrogens with one attached hydrogen (secondary N) is 2. The van der Waals surface area contributed by atoms with Crippen molar-refractivity contribution in [2.24, 2.45) is 0 Å². The molecular weight excluding hydrogens is 360 g/mol. The number of fused-ring (bicyclic) bond motifs is 1. The third-order valence-corrected chi connectivity index (χ3v) is 6.49. The molecule has 6 nitrogen and oxygen atoms in total. The number of imidazole rings is 1. The minimum Gasteiger partial charge on any atom is -0.355 e. The van der Waals surface area contributed by atoms with Crippen molar-refractivity contribution in [3.8, 4) is 0 Å². The van der Waals surface area contributed by atoms with Crippen LogP contribution in [0.5, 0.6) is 0 Å². The topological polar surface area (TPSA) is 87.8 Å². The Morgan fingerprint density at radius 3 is 2.59 bits per heavy atom. The molecule has 3 rings (SSSR count). The predicted molar refractivity (Wildman–Crippen MR) is 110 cm³/mol. The molecule has 3 aromatic rings. The van der Waals surface area contributed by atoms with E-state index in [1.54, 1.807) is 32.0 Å². The van der Waals surface area contributed by atoms with Crippen LogP contribution in [-0.4, -0.2) is 35.4 Å². The maximum atomic E-state index is 12.9. The molecule has 27 heavy (non-hydrogen) atoms. The van der Waals surface area contributed by atoms with E-state index in [-0.39, 0.29) is 0 Å². The van der Waals surface area contributed by atoms with Crippen molar-refractivity contribution >= 4 is 33.2 Å². The molecule has 1 heterocycles. The largest absolute Gasteiger partial charge is 0.355 e. The normalized spacial score (nSPS) is 11.8. The van der Waals surface area contributed by atoms with Gasteiger partial charge in [-0.1, -0.05) is 36.4 Å². The molecule has 0 amide bonds. The van der Waals surface area contributed by atoms with Crippen LogP contribution >= 0.6 is 0 Å². The van der Waals surface area contributed by atoms with E-state index < -0.39 is 15.3 Å². The summed E-state index contributed by atoms with van der Waals surface area (Å²) in [5.74, 6) is 0.328. The fourth-order valence-corrected chi connectivity index (χ4v) is 4.07. The van der Waals surface area contributed by atoms with Crippen LogP contribution in [-0.2, 0) is 16.4 Å². The minimum absolute atomic E-state index is 0.328. The minimum atomic E-state index is -3.59. The van der Waals surface area contributed by atoms with Crippen LogP contribution in [0.1, 0.15) is 31.4 Å². The lowest BCUT2D eigenvalue weighted by molar-refractivity contribution is 0.580. The Morgan fingerprint density at radius 2 is 1.93 bits per heavy atom. The number of aromatic nitrogens is 2. The smallest absolute Gasteiger partial charge is 0.244 e. The molecule has 0 bridgehead atoms. The molecule has 2 N–H and O–H groups in total. The Kier molecular flexibility index (Phi) is 5.60. The molecule has 1 aromatic heterocycles. The van der Waals surface area contributed by atoms with E-state index in [4.69, 9.17) is 5.41 Å². The van der Waals surface area contributed by atoms with Crippen molar-refractivity contribution in [1.29, 1.82) is 5.41 Å². The molecule has 7 heteroatoms. The average Bonchev–Trinajstić information content (AvgIpc) is 3.03. The lowest BCUT2D eigenvalue weighted by atomic mass is 10.1. The van der Waals surface area contributed by atoms with Crippen molar-refractivity contribution in [2.75, 3.05) is 11.9 Å². The molecular formula is C20H24N4O2S. The van der Waals surface area contributed by atoms with Gasteiger partial charge in [-0.05, 0) is 49.9 Å². The van der Waals surface area contributed by atoms with Gasteiger partial charge in [0.1, 0.15) is 0 Å². The molecule has 0 aliphatic heterocycles. The Hall–Kier alpha value is -2.67. The van der Waals surface area contributed by atoms with E-state index in [1.165, 1.54) is 15.8 Å². The average molecular weight is 385 g/mol. The number of nitrogens with zero attached hydrogens (tertiary/aromatic N) is 2. The van der Waals surface area contributed by atoms with Crippen molar-refractivity contribution in [3.05, 3.63) is 59.7 Å². The molecule has 0 spiro atoms. The van der Waals surface area contributed by atoms with Crippen LogP contribution in [0.3, 0.4) is 0 Å². The fraction of sp³-hybridized carbons (Fsp3) is 0.300. The van der Waals surface area contributed by atoms with Gasteiger partial charge in [0, 0.05) is 12.8 Å². The highest BCUT2D eigenvalue weighted by molar-refractivity contribution is 7.90. The van der Waals surface area contributed by atoms with Crippen molar-refractivity contribution < 1.29 is 8.42 Å². The molecule has 0 saturated carbocycles. The van der Waals surface area contributed by atoms with Gasteiger partial charge in [-0.2, -0.15) is 0 Å². The number of hydrogen-bond donors (Lipinski definition) is 2. The first-order valence-electron chi connectivity index (χ1n) is 8.98. The number of benzene rings is 2. The molecule has 0 fully saturated rings. The maximum Gasteiger partial charge on any atom is 0.244 e. The van der Waals surface area contributed by atoms with Gasteiger partial charge in [0.05, 0.1) is 16.3 Å². The van der Waals surface area contributed by atoms with Gasteiger partial charge in [0.15, 0.2) is 0 Å². The van der Waals surface area contributed by atoms with Crippen LogP contribution < -0.4 is 5.32 Å². The summed E-state index contributed by atoms with van der Waals surface area (Å²) in [6.07, 6.45) is 2.97.